The molecule has 2 atom stereocenters. The maximum Gasteiger partial charge on any atom is 0.406 e. The van der Waals surface area contributed by atoms with E-state index in [2.05, 4.69) is 5.32 Å². The summed E-state index contributed by atoms with van der Waals surface area (Å²) in [6.07, 6.45) is -4.05. The zero-order valence-electron chi connectivity index (χ0n) is 12.0. The number of rotatable bonds is 6. The molecule has 20 heavy (non-hydrogen) atoms. The van der Waals surface area contributed by atoms with E-state index in [1.165, 1.54) is 13.8 Å². The van der Waals surface area contributed by atoms with Crippen LogP contribution in [0.25, 0.3) is 0 Å². The summed E-state index contributed by atoms with van der Waals surface area (Å²) in [6.45, 7) is 4.81. The molecule has 0 spiro atoms. The maximum absolute atomic E-state index is 12.4. The van der Waals surface area contributed by atoms with Crippen LogP contribution in [0, 0.1) is 5.92 Å². The van der Waals surface area contributed by atoms with Gasteiger partial charge in [0.2, 0.25) is 0 Å². The molecule has 0 saturated carbocycles. The van der Waals surface area contributed by atoms with Crippen LogP contribution in [-0.2, 0) is 4.79 Å². The van der Waals surface area contributed by atoms with Gasteiger partial charge < -0.3 is 15.3 Å². The van der Waals surface area contributed by atoms with Crippen molar-refractivity contribution >= 4 is 12.0 Å². The largest absolute Gasteiger partial charge is 0.480 e. The highest BCUT2D eigenvalue weighted by molar-refractivity contribution is 5.83. The minimum absolute atomic E-state index is 0.378. The Morgan fingerprint density at radius 2 is 1.75 bits per heavy atom. The fraction of sp³-hybridized carbons (Fsp3) is 0.833. The number of nitrogens with zero attached hydrogens (tertiary/aromatic N) is 1. The van der Waals surface area contributed by atoms with Crippen molar-refractivity contribution in [3.8, 4) is 0 Å². The van der Waals surface area contributed by atoms with E-state index in [4.69, 9.17) is 5.11 Å². The minimum atomic E-state index is -4.53. The summed E-state index contributed by atoms with van der Waals surface area (Å²) < 4.78 is 37.2. The number of hydrogen-bond acceptors (Lipinski definition) is 2. The number of carboxylic acids is 1. The van der Waals surface area contributed by atoms with E-state index in [1.54, 1.807) is 13.8 Å². The molecule has 8 heteroatoms. The van der Waals surface area contributed by atoms with E-state index >= 15 is 0 Å². The van der Waals surface area contributed by atoms with Crippen molar-refractivity contribution in [1.82, 2.24) is 10.2 Å². The summed E-state index contributed by atoms with van der Waals surface area (Å²) in [4.78, 5) is 23.5. The van der Waals surface area contributed by atoms with E-state index in [0.717, 1.165) is 0 Å². The molecule has 0 aromatic heterocycles. The third-order valence-electron chi connectivity index (χ3n) is 2.99. The first-order valence-corrected chi connectivity index (χ1v) is 6.36. The van der Waals surface area contributed by atoms with Crippen molar-refractivity contribution in [2.75, 3.05) is 6.54 Å². The van der Waals surface area contributed by atoms with E-state index in [-0.39, 0.29) is 5.92 Å². The van der Waals surface area contributed by atoms with Gasteiger partial charge in [0.15, 0.2) is 0 Å². The highest BCUT2D eigenvalue weighted by Gasteiger charge is 2.36. The van der Waals surface area contributed by atoms with Crippen LogP contribution in [0.5, 0.6) is 0 Å². The molecule has 5 nitrogen and oxygen atoms in total. The van der Waals surface area contributed by atoms with Gasteiger partial charge in [-0.2, -0.15) is 13.2 Å². The Hall–Kier alpha value is -1.47. The second kappa shape index (κ2) is 7.35. The number of nitrogens with one attached hydrogen (secondary N) is 1. The monoisotopic (exact) mass is 298 g/mol. The number of urea groups is 1. The predicted molar refractivity (Wildman–Crippen MR) is 67.3 cm³/mol. The molecule has 2 N–H and O–H groups in total. The van der Waals surface area contributed by atoms with Gasteiger partial charge in [0.1, 0.15) is 12.6 Å². The van der Waals surface area contributed by atoms with Crippen LogP contribution in [0.15, 0.2) is 0 Å². The quantitative estimate of drug-likeness (QED) is 0.791. The smallest absolute Gasteiger partial charge is 0.406 e. The van der Waals surface area contributed by atoms with Crippen molar-refractivity contribution in [2.24, 2.45) is 5.92 Å². The first-order chi connectivity index (χ1) is 8.99. The number of carbonyl (C=O) groups excluding carboxylic acids is 1. The SMILES string of the molecule is CCC(C)[C@H](NC(=O)N(CC(F)(F)F)C(C)C)C(=O)O. The van der Waals surface area contributed by atoms with Gasteiger partial charge in [-0.3, -0.25) is 0 Å². The number of amides is 2. The van der Waals surface area contributed by atoms with Crippen molar-refractivity contribution in [3.63, 3.8) is 0 Å². The zero-order valence-corrected chi connectivity index (χ0v) is 12.0. The second-order valence-electron chi connectivity index (χ2n) is 4.99. The van der Waals surface area contributed by atoms with Gasteiger partial charge in [-0.05, 0) is 19.8 Å². The van der Waals surface area contributed by atoms with Gasteiger partial charge in [-0.25, -0.2) is 9.59 Å². The van der Waals surface area contributed by atoms with Gasteiger partial charge in [0.25, 0.3) is 0 Å². The number of aliphatic carboxylic acids is 1. The molecule has 0 fully saturated rings. The Morgan fingerprint density at radius 1 is 1.25 bits per heavy atom. The van der Waals surface area contributed by atoms with Crippen LogP contribution in [0.4, 0.5) is 18.0 Å². The van der Waals surface area contributed by atoms with Gasteiger partial charge in [0, 0.05) is 6.04 Å². The molecule has 0 radical (unpaired) electrons. The Bertz CT molecular complexity index is 345. The van der Waals surface area contributed by atoms with E-state index < -0.39 is 36.8 Å². The lowest BCUT2D eigenvalue weighted by molar-refractivity contribution is -0.143. The Balaban J connectivity index is 4.94. The summed E-state index contributed by atoms with van der Waals surface area (Å²) in [5, 5.41) is 11.2. The Labute approximate surface area is 116 Å². The van der Waals surface area contributed by atoms with Crippen LogP contribution in [0.2, 0.25) is 0 Å². The highest BCUT2D eigenvalue weighted by atomic mass is 19.4. The lowest BCUT2D eigenvalue weighted by Crippen LogP contribution is -2.54. The Kier molecular flexibility index (Phi) is 6.81. The maximum atomic E-state index is 12.4. The first kappa shape index (κ1) is 18.5. The first-order valence-electron chi connectivity index (χ1n) is 6.36. The molecule has 0 heterocycles. The van der Waals surface area contributed by atoms with E-state index in [9.17, 15) is 22.8 Å². The van der Waals surface area contributed by atoms with E-state index in [1.807, 2.05) is 0 Å². The fourth-order valence-electron chi connectivity index (χ4n) is 1.58. The third kappa shape index (κ3) is 6.12. The highest BCUT2D eigenvalue weighted by Crippen LogP contribution is 2.18. The fourth-order valence-corrected chi connectivity index (χ4v) is 1.58. The van der Waals surface area contributed by atoms with Crippen molar-refractivity contribution in [2.45, 2.75) is 52.4 Å². The molecular formula is C12H21F3N2O3. The lowest BCUT2D eigenvalue weighted by Gasteiger charge is -2.30. The third-order valence-corrected chi connectivity index (χ3v) is 2.99. The van der Waals surface area contributed by atoms with Crippen LogP contribution < -0.4 is 5.32 Å². The summed E-state index contributed by atoms with van der Waals surface area (Å²) in [5.41, 5.74) is 0. The normalized spacial score (nSPS) is 14.8. The molecule has 0 aliphatic rings. The summed E-state index contributed by atoms with van der Waals surface area (Å²) in [5.74, 6) is -1.64. The van der Waals surface area contributed by atoms with E-state index in [0.29, 0.717) is 11.3 Å². The molecule has 2 amide bonds. The molecule has 0 aliphatic carbocycles. The van der Waals surface area contributed by atoms with Gasteiger partial charge in [-0.1, -0.05) is 20.3 Å². The van der Waals surface area contributed by atoms with Crippen LogP contribution >= 0.6 is 0 Å². The van der Waals surface area contributed by atoms with Crippen LogP contribution in [0.1, 0.15) is 34.1 Å². The molecular weight excluding hydrogens is 277 g/mol. The second-order valence-corrected chi connectivity index (χ2v) is 4.99. The predicted octanol–water partition coefficient (Wildman–Crippen LogP) is 2.47. The molecule has 0 aliphatic heterocycles. The Morgan fingerprint density at radius 3 is 2.05 bits per heavy atom. The van der Waals surface area contributed by atoms with Gasteiger partial charge in [-0.15, -0.1) is 0 Å². The lowest BCUT2D eigenvalue weighted by atomic mass is 9.99. The molecule has 0 rings (SSSR count). The summed E-state index contributed by atoms with van der Waals surface area (Å²) >= 11 is 0. The molecule has 0 aromatic rings. The number of hydrogen-bond donors (Lipinski definition) is 2. The number of carboxylic acid groups (broad SMARTS) is 1. The number of halogens is 3. The van der Waals surface area contributed by atoms with Crippen molar-refractivity contribution in [3.05, 3.63) is 0 Å². The van der Waals surface area contributed by atoms with Crippen LogP contribution in [-0.4, -0.2) is 46.8 Å². The molecule has 1 unspecified atom stereocenters. The molecule has 118 valence electrons. The number of alkyl halides is 3. The van der Waals surface area contributed by atoms with Crippen molar-refractivity contribution in [1.29, 1.82) is 0 Å². The number of carbonyl (C=O) groups is 2. The standard InChI is InChI=1S/C12H21F3N2O3/c1-5-8(4)9(10(18)19)16-11(20)17(7(2)3)6-12(13,14)15/h7-9H,5-6H2,1-4H3,(H,16,20)(H,18,19)/t8?,9-/m0/s1. The molecule has 0 aromatic carbocycles. The minimum Gasteiger partial charge on any atom is -0.480 e. The van der Waals surface area contributed by atoms with Gasteiger partial charge in [0.05, 0.1) is 0 Å². The average molecular weight is 298 g/mol. The van der Waals surface area contributed by atoms with Crippen molar-refractivity contribution < 1.29 is 27.9 Å². The summed E-state index contributed by atoms with van der Waals surface area (Å²) in [7, 11) is 0. The van der Waals surface area contributed by atoms with Crippen LogP contribution in [0.3, 0.4) is 0 Å². The topological polar surface area (TPSA) is 69.6 Å². The molecule has 0 bridgehead atoms. The molecule has 0 saturated heterocycles. The average Bonchev–Trinajstić information content (AvgIpc) is 2.29. The van der Waals surface area contributed by atoms with Gasteiger partial charge >= 0.3 is 18.2 Å². The summed E-state index contributed by atoms with van der Waals surface area (Å²) in [6, 6.07) is -2.92. The zero-order chi connectivity index (χ0) is 16.1.